The molecule has 0 aromatic carbocycles. The largest absolute Gasteiger partial charge is 0.385 e. The molecule has 0 aliphatic carbocycles. The molecule has 0 atom stereocenters. The summed E-state index contributed by atoms with van der Waals surface area (Å²) in [6.07, 6.45) is 0. The molecule has 0 fully saturated rings. The van der Waals surface area contributed by atoms with E-state index >= 15 is 0 Å². The molecule has 0 unspecified atom stereocenters. The molecule has 12 heavy (non-hydrogen) atoms. The van der Waals surface area contributed by atoms with Crippen LogP contribution < -0.4 is 0 Å². The summed E-state index contributed by atoms with van der Waals surface area (Å²) in [5, 5.41) is 19.8. The Bertz CT molecular complexity index is 300. The van der Waals surface area contributed by atoms with Crippen LogP contribution in [0.2, 0.25) is 0 Å². The highest BCUT2D eigenvalue weighted by Gasteiger charge is 2.21. The Kier molecular flexibility index (Phi) is 2.16. The molecular weight excluding hydrogens is 178 g/mol. The van der Waals surface area contributed by atoms with Crippen molar-refractivity contribution < 1.29 is 10.0 Å². The number of nitro groups is 1. The molecule has 0 bridgehead atoms. The van der Waals surface area contributed by atoms with E-state index in [2.05, 4.69) is 0 Å². The quantitative estimate of drug-likeness (QED) is 0.568. The molecule has 5 heteroatoms. The van der Waals surface area contributed by atoms with E-state index in [0.29, 0.717) is 4.88 Å². The number of thiophene rings is 1. The van der Waals surface area contributed by atoms with Crippen LogP contribution in [0.5, 0.6) is 0 Å². The van der Waals surface area contributed by atoms with E-state index < -0.39 is 10.5 Å². The van der Waals surface area contributed by atoms with Crippen molar-refractivity contribution in [3.05, 3.63) is 27.1 Å². The fourth-order valence-electron chi connectivity index (χ4n) is 0.755. The highest BCUT2D eigenvalue weighted by atomic mass is 32.1. The predicted octanol–water partition coefficient (Wildman–Crippen LogP) is 1.88. The lowest BCUT2D eigenvalue weighted by Crippen LogP contribution is -2.12. The molecule has 0 spiro atoms. The molecule has 0 saturated heterocycles. The second-order valence-electron chi connectivity index (χ2n) is 2.95. The van der Waals surface area contributed by atoms with Gasteiger partial charge in [0, 0.05) is 10.9 Å². The Morgan fingerprint density at radius 1 is 1.58 bits per heavy atom. The zero-order valence-corrected chi connectivity index (χ0v) is 7.59. The number of aliphatic hydroxyl groups is 1. The summed E-state index contributed by atoms with van der Waals surface area (Å²) in [5.74, 6) is 0. The number of hydrogen-bond donors (Lipinski definition) is 1. The maximum absolute atomic E-state index is 10.3. The molecule has 1 heterocycles. The van der Waals surface area contributed by atoms with Crippen molar-refractivity contribution in [2.75, 3.05) is 0 Å². The van der Waals surface area contributed by atoms with Gasteiger partial charge in [-0.15, -0.1) is 0 Å². The van der Waals surface area contributed by atoms with E-state index in [1.165, 1.54) is 6.07 Å². The smallest absolute Gasteiger partial charge is 0.324 e. The maximum Gasteiger partial charge on any atom is 0.324 e. The average molecular weight is 187 g/mol. The van der Waals surface area contributed by atoms with Crippen LogP contribution in [0.4, 0.5) is 5.00 Å². The third-order valence-electron chi connectivity index (χ3n) is 1.37. The Morgan fingerprint density at radius 2 is 2.17 bits per heavy atom. The van der Waals surface area contributed by atoms with E-state index in [1.54, 1.807) is 19.9 Å². The highest BCUT2D eigenvalue weighted by Crippen LogP contribution is 2.31. The molecule has 0 saturated carbocycles. The van der Waals surface area contributed by atoms with Crippen molar-refractivity contribution in [1.82, 2.24) is 0 Å². The fourth-order valence-corrected chi connectivity index (χ4v) is 1.58. The van der Waals surface area contributed by atoms with Crippen molar-refractivity contribution in [2.24, 2.45) is 0 Å². The summed E-state index contributed by atoms with van der Waals surface area (Å²) in [5.41, 5.74) is -0.987. The first kappa shape index (κ1) is 9.15. The minimum absolute atomic E-state index is 0.0622. The maximum atomic E-state index is 10.3. The van der Waals surface area contributed by atoms with Gasteiger partial charge in [-0.3, -0.25) is 10.1 Å². The molecule has 66 valence electrons. The molecule has 0 radical (unpaired) electrons. The lowest BCUT2D eigenvalue weighted by Gasteiger charge is -2.13. The van der Waals surface area contributed by atoms with Crippen molar-refractivity contribution >= 4 is 16.3 Å². The van der Waals surface area contributed by atoms with Crippen molar-refractivity contribution in [3.8, 4) is 0 Å². The van der Waals surface area contributed by atoms with Crippen LogP contribution in [-0.4, -0.2) is 10.0 Å². The summed E-state index contributed by atoms with van der Waals surface area (Å²) in [6.45, 7) is 3.20. The lowest BCUT2D eigenvalue weighted by atomic mass is 10.1. The Morgan fingerprint density at radius 3 is 2.42 bits per heavy atom. The topological polar surface area (TPSA) is 63.4 Å². The van der Waals surface area contributed by atoms with E-state index in [9.17, 15) is 15.2 Å². The Balaban J connectivity index is 3.00. The summed E-state index contributed by atoms with van der Waals surface area (Å²) in [6, 6.07) is 2.97. The van der Waals surface area contributed by atoms with Crippen LogP contribution in [0.15, 0.2) is 12.1 Å². The monoisotopic (exact) mass is 187 g/mol. The standard InChI is InChI=1S/C7H9NO3S/c1-7(2,9)5-3-4-6(12-5)8(10)11/h3-4,9H,1-2H3. The third kappa shape index (κ3) is 1.80. The molecule has 0 amide bonds. The van der Waals surface area contributed by atoms with Crippen LogP contribution in [0.1, 0.15) is 18.7 Å². The highest BCUT2D eigenvalue weighted by molar-refractivity contribution is 7.15. The van der Waals surface area contributed by atoms with Crippen molar-refractivity contribution in [1.29, 1.82) is 0 Å². The first-order valence-electron chi connectivity index (χ1n) is 3.38. The van der Waals surface area contributed by atoms with Gasteiger partial charge in [0.15, 0.2) is 0 Å². The van der Waals surface area contributed by atoms with E-state index in [1.807, 2.05) is 0 Å². The summed E-state index contributed by atoms with van der Waals surface area (Å²) in [7, 11) is 0. The fraction of sp³-hybridized carbons (Fsp3) is 0.429. The van der Waals surface area contributed by atoms with Gasteiger partial charge in [-0.05, 0) is 19.9 Å². The predicted molar refractivity (Wildman–Crippen MR) is 46.2 cm³/mol. The first-order chi connectivity index (χ1) is 5.41. The number of rotatable bonds is 2. The summed E-state index contributed by atoms with van der Waals surface area (Å²) in [4.78, 5) is 10.4. The Labute approximate surface area is 73.6 Å². The van der Waals surface area contributed by atoms with Gasteiger partial charge in [-0.1, -0.05) is 11.3 Å². The second kappa shape index (κ2) is 2.84. The number of hydrogen-bond acceptors (Lipinski definition) is 4. The van der Waals surface area contributed by atoms with Crippen LogP contribution in [-0.2, 0) is 5.60 Å². The zero-order chi connectivity index (χ0) is 9.35. The molecule has 1 N–H and O–H groups in total. The van der Waals surface area contributed by atoms with Gasteiger partial charge in [-0.25, -0.2) is 0 Å². The van der Waals surface area contributed by atoms with E-state index in [-0.39, 0.29) is 5.00 Å². The van der Waals surface area contributed by atoms with Crippen LogP contribution in [0, 0.1) is 10.1 Å². The third-order valence-corrected chi connectivity index (χ3v) is 2.72. The van der Waals surface area contributed by atoms with E-state index in [4.69, 9.17) is 0 Å². The Hall–Kier alpha value is -0.940. The molecule has 4 nitrogen and oxygen atoms in total. The second-order valence-corrected chi connectivity index (χ2v) is 4.02. The molecule has 0 aliphatic heterocycles. The van der Waals surface area contributed by atoms with Gasteiger partial charge in [0.1, 0.15) is 0 Å². The van der Waals surface area contributed by atoms with E-state index in [0.717, 1.165) is 11.3 Å². The van der Waals surface area contributed by atoms with Gasteiger partial charge < -0.3 is 5.11 Å². The molecule has 0 aliphatic rings. The molecule has 1 aromatic rings. The zero-order valence-electron chi connectivity index (χ0n) is 6.77. The minimum atomic E-state index is -0.987. The normalized spacial score (nSPS) is 11.6. The van der Waals surface area contributed by atoms with Crippen LogP contribution >= 0.6 is 11.3 Å². The van der Waals surface area contributed by atoms with Gasteiger partial charge in [-0.2, -0.15) is 0 Å². The van der Waals surface area contributed by atoms with Gasteiger partial charge in [0.05, 0.1) is 10.5 Å². The van der Waals surface area contributed by atoms with Gasteiger partial charge >= 0.3 is 5.00 Å². The minimum Gasteiger partial charge on any atom is -0.385 e. The summed E-state index contributed by atoms with van der Waals surface area (Å²) >= 11 is 0.999. The van der Waals surface area contributed by atoms with Crippen LogP contribution in [0.3, 0.4) is 0 Å². The average Bonchev–Trinajstić information content (AvgIpc) is 2.30. The van der Waals surface area contributed by atoms with Crippen molar-refractivity contribution in [3.63, 3.8) is 0 Å². The van der Waals surface area contributed by atoms with Crippen LogP contribution in [0.25, 0.3) is 0 Å². The van der Waals surface area contributed by atoms with Gasteiger partial charge in [0.2, 0.25) is 0 Å². The van der Waals surface area contributed by atoms with Crippen molar-refractivity contribution in [2.45, 2.75) is 19.4 Å². The van der Waals surface area contributed by atoms with Gasteiger partial charge in [0.25, 0.3) is 0 Å². The molecular formula is C7H9NO3S. The summed E-state index contributed by atoms with van der Waals surface area (Å²) < 4.78 is 0. The SMILES string of the molecule is CC(C)(O)c1ccc([N+](=O)[O-])s1. The molecule has 1 rings (SSSR count). The lowest BCUT2D eigenvalue weighted by molar-refractivity contribution is -0.380. The molecule has 1 aromatic heterocycles. The number of nitrogens with zero attached hydrogens (tertiary/aromatic N) is 1. The first-order valence-corrected chi connectivity index (χ1v) is 4.20.